The highest BCUT2D eigenvalue weighted by molar-refractivity contribution is 9.10. The van der Waals surface area contributed by atoms with Crippen molar-refractivity contribution in [3.05, 3.63) is 32.6 Å². The van der Waals surface area contributed by atoms with Gasteiger partial charge in [0.25, 0.3) is 0 Å². The van der Waals surface area contributed by atoms with E-state index in [1.54, 1.807) is 0 Å². The van der Waals surface area contributed by atoms with Gasteiger partial charge >= 0.3 is 5.97 Å². The molecule has 6 heteroatoms. The van der Waals surface area contributed by atoms with Crippen LogP contribution < -0.4 is 0 Å². The number of benzene rings is 1. The first-order chi connectivity index (χ1) is 10.6. The van der Waals surface area contributed by atoms with Crippen LogP contribution in [0, 0.1) is 0 Å². The first-order valence-electron chi connectivity index (χ1n) is 7.42. The van der Waals surface area contributed by atoms with Gasteiger partial charge in [-0.2, -0.15) is 0 Å². The van der Waals surface area contributed by atoms with Gasteiger partial charge in [0, 0.05) is 21.1 Å². The van der Waals surface area contributed by atoms with Crippen LogP contribution in [0.3, 0.4) is 0 Å². The summed E-state index contributed by atoms with van der Waals surface area (Å²) in [5, 5.41) is 1.40. The summed E-state index contributed by atoms with van der Waals surface area (Å²) in [7, 11) is 0. The molecule has 1 aromatic heterocycles. The van der Waals surface area contributed by atoms with Crippen LogP contribution in [-0.4, -0.2) is 37.1 Å². The van der Waals surface area contributed by atoms with Crippen LogP contribution in [0.25, 0.3) is 10.1 Å². The van der Waals surface area contributed by atoms with E-state index in [1.165, 1.54) is 30.6 Å². The molecule has 1 saturated heterocycles. The van der Waals surface area contributed by atoms with Crippen molar-refractivity contribution >= 4 is 54.9 Å². The summed E-state index contributed by atoms with van der Waals surface area (Å²) >= 11 is 11.1. The Labute approximate surface area is 147 Å². The molecule has 1 fully saturated rings. The Hall–Kier alpha value is -0.620. The third kappa shape index (κ3) is 3.65. The van der Waals surface area contributed by atoms with E-state index in [-0.39, 0.29) is 5.97 Å². The lowest BCUT2D eigenvalue weighted by Crippen LogP contribution is -2.33. The number of halogens is 2. The van der Waals surface area contributed by atoms with Crippen LogP contribution in [0.5, 0.6) is 0 Å². The number of thiophene rings is 1. The predicted molar refractivity (Wildman–Crippen MR) is 95.1 cm³/mol. The van der Waals surface area contributed by atoms with E-state index in [4.69, 9.17) is 16.3 Å². The second-order valence-corrected chi connectivity index (χ2v) is 7.77. The number of fused-ring (bicyclic) bond motifs is 1. The molecule has 22 heavy (non-hydrogen) atoms. The minimum absolute atomic E-state index is 0.320. The molecule has 0 bridgehead atoms. The molecule has 2 aromatic rings. The van der Waals surface area contributed by atoms with Gasteiger partial charge in [-0.25, -0.2) is 4.79 Å². The summed E-state index contributed by atoms with van der Waals surface area (Å²) in [6.07, 6.45) is 3.79. The zero-order valence-electron chi connectivity index (χ0n) is 12.1. The Morgan fingerprint density at radius 1 is 1.32 bits per heavy atom. The molecule has 0 unspecified atom stereocenters. The number of rotatable bonds is 4. The minimum atomic E-state index is -0.320. The van der Waals surface area contributed by atoms with Crippen molar-refractivity contribution in [1.29, 1.82) is 0 Å². The zero-order chi connectivity index (χ0) is 15.5. The van der Waals surface area contributed by atoms with Gasteiger partial charge < -0.3 is 4.74 Å². The molecule has 0 amide bonds. The third-order valence-electron chi connectivity index (χ3n) is 3.87. The zero-order valence-corrected chi connectivity index (χ0v) is 15.3. The largest absolute Gasteiger partial charge is 0.460 e. The maximum atomic E-state index is 12.2. The summed E-state index contributed by atoms with van der Waals surface area (Å²) in [6, 6.07) is 5.81. The molecule has 0 spiro atoms. The SMILES string of the molecule is O=C(OCCN1CCCCC1)c1sc2cc(Br)ccc2c1Cl. The number of ether oxygens (including phenoxy) is 1. The van der Waals surface area contributed by atoms with Crippen LogP contribution in [-0.2, 0) is 4.74 Å². The van der Waals surface area contributed by atoms with E-state index >= 15 is 0 Å². The summed E-state index contributed by atoms with van der Waals surface area (Å²) in [6.45, 7) is 3.44. The molecule has 2 heterocycles. The van der Waals surface area contributed by atoms with E-state index in [2.05, 4.69) is 20.8 Å². The average Bonchev–Trinajstić information content (AvgIpc) is 2.84. The van der Waals surface area contributed by atoms with Gasteiger partial charge in [-0.3, -0.25) is 4.90 Å². The Kier molecular flexibility index (Phi) is 5.39. The summed E-state index contributed by atoms with van der Waals surface area (Å²) in [5.74, 6) is -0.320. The van der Waals surface area contributed by atoms with Gasteiger partial charge in [0.15, 0.2) is 0 Å². The maximum absolute atomic E-state index is 12.2. The number of carbonyl (C=O) groups is 1. The molecule has 118 valence electrons. The normalized spacial score (nSPS) is 16.1. The molecule has 1 aliphatic rings. The number of hydrogen-bond acceptors (Lipinski definition) is 4. The van der Waals surface area contributed by atoms with Gasteiger partial charge in [-0.15, -0.1) is 11.3 Å². The molecular formula is C16H17BrClNO2S. The Morgan fingerprint density at radius 2 is 2.09 bits per heavy atom. The van der Waals surface area contributed by atoms with Crippen molar-refractivity contribution in [3.8, 4) is 0 Å². The molecule has 3 rings (SSSR count). The smallest absolute Gasteiger partial charge is 0.349 e. The Balaban J connectivity index is 1.63. The lowest BCUT2D eigenvalue weighted by molar-refractivity contribution is 0.0458. The van der Waals surface area contributed by atoms with Crippen LogP contribution in [0.4, 0.5) is 0 Å². The van der Waals surface area contributed by atoms with E-state index in [0.717, 1.165) is 34.2 Å². The maximum Gasteiger partial charge on any atom is 0.349 e. The van der Waals surface area contributed by atoms with Gasteiger partial charge in [0.05, 0.1) is 5.02 Å². The van der Waals surface area contributed by atoms with Crippen molar-refractivity contribution in [2.45, 2.75) is 19.3 Å². The third-order valence-corrected chi connectivity index (χ3v) is 6.00. The lowest BCUT2D eigenvalue weighted by Gasteiger charge is -2.25. The van der Waals surface area contributed by atoms with Crippen molar-refractivity contribution in [3.63, 3.8) is 0 Å². The highest BCUT2D eigenvalue weighted by Crippen LogP contribution is 2.37. The number of nitrogens with zero attached hydrogens (tertiary/aromatic N) is 1. The minimum Gasteiger partial charge on any atom is -0.460 e. The fourth-order valence-corrected chi connectivity index (χ4v) is 4.64. The monoisotopic (exact) mass is 401 g/mol. The highest BCUT2D eigenvalue weighted by Gasteiger charge is 2.19. The van der Waals surface area contributed by atoms with Crippen LogP contribution >= 0.6 is 38.9 Å². The van der Waals surface area contributed by atoms with Crippen molar-refractivity contribution in [1.82, 2.24) is 4.90 Å². The van der Waals surface area contributed by atoms with E-state index in [0.29, 0.717) is 16.5 Å². The summed E-state index contributed by atoms with van der Waals surface area (Å²) in [4.78, 5) is 15.1. The van der Waals surface area contributed by atoms with Crippen LogP contribution in [0.15, 0.2) is 22.7 Å². The quantitative estimate of drug-likeness (QED) is 0.677. The second kappa shape index (κ2) is 7.30. The first kappa shape index (κ1) is 16.2. The standard InChI is InChI=1S/C16H17BrClNO2S/c17-11-4-5-12-13(10-11)22-15(14(12)18)16(20)21-9-8-19-6-2-1-3-7-19/h4-5,10H,1-3,6-9H2. The van der Waals surface area contributed by atoms with Gasteiger partial charge in [0.2, 0.25) is 0 Å². The summed E-state index contributed by atoms with van der Waals surface area (Å²) in [5.41, 5.74) is 0. The molecule has 0 atom stereocenters. The van der Waals surface area contributed by atoms with Gasteiger partial charge in [-0.1, -0.05) is 40.0 Å². The van der Waals surface area contributed by atoms with E-state index in [1.807, 2.05) is 18.2 Å². The number of carbonyl (C=O) groups excluding carboxylic acids is 1. The number of esters is 1. The molecule has 0 N–H and O–H groups in total. The summed E-state index contributed by atoms with van der Waals surface area (Å²) < 4.78 is 7.37. The molecule has 0 saturated carbocycles. The fraction of sp³-hybridized carbons (Fsp3) is 0.438. The number of piperidine rings is 1. The first-order valence-corrected chi connectivity index (χ1v) is 9.41. The van der Waals surface area contributed by atoms with E-state index in [9.17, 15) is 4.79 Å². The molecule has 3 nitrogen and oxygen atoms in total. The van der Waals surface area contributed by atoms with Crippen molar-refractivity contribution in [2.24, 2.45) is 0 Å². The lowest BCUT2D eigenvalue weighted by atomic mass is 10.1. The van der Waals surface area contributed by atoms with E-state index < -0.39 is 0 Å². The van der Waals surface area contributed by atoms with Gasteiger partial charge in [-0.05, 0) is 38.1 Å². The molecule has 1 aliphatic heterocycles. The van der Waals surface area contributed by atoms with Crippen LogP contribution in [0.2, 0.25) is 5.02 Å². The van der Waals surface area contributed by atoms with Gasteiger partial charge in [0.1, 0.15) is 11.5 Å². The predicted octanol–water partition coefficient (Wildman–Crippen LogP) is 4.96. The molecule has 0 aliphatic carbocycles. The Bertz CT molecular complexity index is 682. The van der Waals surface area contributed by atoms with Crippen molar-refractivity contribution < 1.29 is 9.53 Å². The second-order valence-electron chi connectivity index (χ2n) is 5.42. The molecule has 1 aromatic carbocycles. The highest BCUT2D eigenvalue weighted by atomic mass is 79.9. The topological polar surface area (TPSA) is 29.5 Å². The number of likely N-dealkylation sites (tertiary alicyclic amines) is 1. The fourth-order valence-electron chi connectivity index (χ4n) is 2.69. The van der Waals surface area contributed by atoms with Crippen LogP contribution in [0.1, 0.15) is 28.9 Å². The molecular weight excluding hydrogens is 386 g/mol. The number of hydrogen-bond donors (Lipinski definition) is 0. The average molecular weight is 403 g/mol. The van der Waals surface area contributed by atoms with Crippen molar-refractivity contribution in [2.75, 3.05) is 26.2 Å². The Morgan fingerprint density at radius 3 is 2.86 bits per heavy atom. The molecule has 0 radical (unpaired) electrons.